The molecule has 0 unspecified atom stereocenters. The molecule has 1 N–H and O–H groups in total. The van der Waals surface area contributed by atoms with E-state index in [4.69, 9.17) is 0 Å². The zero-order valence-electron chi connectivity index (χ0n) is 8.91. The number of ketones is 1. The van der Waals surface area contributed by atoms with E-state index < -0.39 is 23.3 Å². The Morgan fingerprint density at radius 2 is 2.06 bits per heavy atom. The van der Waals surface area contributed by atoms with Gasteiger partial charge in [0, 0.05) is 0 Å². The Kier molecular flexibility index (Phi) is 3.60. The molecular weight excluding hydrogens is 215 g/mol. The van der Waals surface area contributed by atoms with E-state index in [2.05, 4.69) is 4.74 Å². The summed E-state index contributed by atoms with van der Waals surface area (Å²) in [6.45, 7) is 2.89. The van der Waals surface area contributed by atoms with Crippen LogP contribution in [-0.4, -0.2) is 23.5 Å². The molecule has 86 valence electrons. The fraction of sp³-hybridized carbons (Fsp3) is 0.273. The number of benzene rings is 1. The molecule has 1 aromatic carbocycles. The topological polar surface area (TPSA) is 63.6 Å². The molecule has 0 atom stereocenters. The van der Waals surface area contributed by atoms with E-state index >= 15 is 0 Å². The minimum Gasteiger partial charge on any atom is -0.507 e. The molecular formula is C11H11FO4. The maximum absolute atomic E-state index is 13.2. The van der Waals surface area contributed by atoms with Crippen LogP contribution in [0.25, 0.3) is 0 Å². The second-order valence-corrected chi connectivity index (χ2v) is 3.12. The number of rotatable bonds is 3. The molecule has 0 aliphatic rings. The van der Waals surface area contributed by atoms with Gasteiger partial charge in [-0.1, -0.05) is 0 Å². The van der Waals surface area contributed by atoms with Crippen LogP contribution in [0.1, 0.15) is 22.8 Å². The molecule has 1 aromatic rings. The second kappa shape index (κ2) is 4.74. The van der Waals surface area contributed by atoms with E-state index in [1.54, 1.807) is 6.92 Å². The van der Waals surface area contributed by atoms with E-state index in [0.29, 0.717) is 0 Å². The summed E-state index contributed by atoms with van der Waals surface area (Å²) in [7, 11) is 0. The Labute approximate surface area is 91.7 Å². The van der Waals surface area contributed by atoms with Gasteiger partial charge in [-0.3, -0.25) is 4.79 Å². The summed E-state index contributed by atoms with van der Waals surface area (Å²) >= 11 is 0. The van der Waals surface area contributed by atoms with Crippen molar-refractivity contribution >= 4 is 11.8 Å². The molecule has 0 saturated heterocycles. The molecule has 0 bridgehead atoms. The van der Waals surface area contributed by atoms with Crippen molar-refractivity contribution in [1.29, 1.82) is 0 Å². The molecule has 0 aliphatic heterocycles. The summed E-state index contributed by atoms with van der Waals surface area (Å²) < 4.78 is 17.6. The van der Waals surface area contributed by atoms with Gasteiger partial charge in [-0.25, -0.2) is 9.18 Å². The third-order valence-corrected chi connectivity index (χ3v) is 2.06. The van der Waals surface area contributed by atoms with E-state index in [0.717, 1.165) is 12.1 Å². The van der Waals surface area contributed by atoms with Crippen molar-refractivity contribution in [2.45, 2.75) is 13.8 Å². The van der Waals surface area contributed by atoms with Gasteiger partial charge < -0.3 is 9.84 Å². The number of aromatic hydroxyl groups is 1. The van der Waals surface area contributed by atoms with Crippen molar-refractivity contribution in [3.8, 4) is 5.75 Å². The molecule has 1 rings (SSSR count). The predicted octanol–water partition coefficient (Wildman–Crippen LogP) is 1.59. The van der Waals surface area contributed by atoms with Crippen molar-refractivity contribution in [2.75, 3.05) is 6.61 Å². The maximum atomic E-state index is 13.2. The molecule has 5 heteroatoms. The number of carbonyl (C=O) groups is 2. The summed E-state index contributed by atoms with van der Waals surface area (Å²) in [6, 6.07) is 2.04. The van der Waals surface area contributed by atoms with Crippen LogP contribution in [0.5, 0.6) is 5.75 Å². The standard InChI is InChI=1S/C11H11FO4/c1-3-16-11(15)10(14)9-6(2)7(12)4-5-8(9)13/h4-5,13H,3H2,1-2H3. The minimum absolute atomic E-state index is 0.0414. The first kappa shape index (κ1) is 12.2. The van der Waals surface area contributed by atoms with Gasteiger partial charge in [0.05, 0.1) is 12.2 Å². The van der Waals surface area contributed by atoms with Crippen molar-refractivity contribution in [3.05, 3.63) is 29.1 Å². The van der Waals surface area contributed by atoms with Crippen LogP contribution in [0.4, 0.5) is 4.39 Å². The van der Waals surface area contributed by atoms with E-state index in [1.807, 2.05) is 0 Å². The fourth-order valence-corrected chi connectivity index (χ4v) is 1.26. The maximum Gasteiger partial charge on any atom is 0.379 e. The molecule has 0 fully saturated rings. The van der Waals surface area contributed by atoms with Gasteiger partial charge in [0.15, 0.2) is 0 Å². The summed E-state index contributed by atoms with van der Waals surface area (Å²) in [4.78, 5) is 22.7. The van der Waals surface area contributed by atoms with Gasteiger partial charge in [-0.2, -0.15) is 0 Å². The third kappa shape index (κ3) is 2.18. The molecule has 16 heavy (non-hydrogen) atoms. The Balaban J connectivity index is 3.18. The molecule has 4 nitrogen and oxygen atoms in total. The average molecular weight is 226 g/mol. The number of hydrogen-bond donors (Lipinski definition) is 1. The van der Waals surface area contributed by atoms with E-state index in [1.165, 1.54) is 6.92 Å². The smallest absolute Gasteiger partial charge is 0.379 e. The molecule has 0 spiro atoms. The highest BCUT2D eigenvalue weighted by molar-refractivity contribution is 6.41. The van der Waals surface area contributed by atoms with Crippen LogP contribution in [-0.2, 0) is 9.53 Å². The fourth-order valence-electron chi connectivity index (χ4n) is 1.26. The van der Waals surface area contributed by atoms with Crippen molar-refractivity contribution in [2.24, 2.45) is 0 Å². The van der Waals surface area contributed by atoms with Gasteiger partial charge in [0.1, 0.15) is 11.6 Å². The quantitative estimate of drug-likeness (QED) is 0.483. The first-order valence-electron chi connectivity index (χ1n) is 4.68. The molecule has 0 amide bonds. The van der Waals surface area contributed by atoms with Crippen LogP contribution in [0.3, 0.4) is 0 Å². The SMILES string of the molecule is CCOC(=O)C(=O)c1c(O)ccc(F)c1C. The Bertz CT molecular complexity index is 440. The van der Waals surface area contributed by atoms with Crippen LogP contribution in [0.2, 0.25) is 0 Å². The van der Waals surface area contributed by atoms with Gasteiger partial charge >= 0.3 is 5.97 Å². The molecule has 0 heterocycles. The summed E-state index contributed by atoms with van der Waals surface area (Å²) in [6.07, 6.45) is 0. The number of phenolic OH excluding ortho intramolecular Hbond substituents is 1. The van der Waals surface area contributed by atoms with Crippen molar-refractivity contribution < 1.29 is 23.8 Å². The largest absolute Gasteiger partial charge is 0.507 e. The minimum atomic E-state index is -1.11. The first-order chi connectivity index (χ1) is 7.49. The monoisotopic (exact) mass is 226 g/mol. The summed E-state index contributed by atoms with van der Waals surface area (Å²) in [5, 5.41) is 9.41. The summed E-state index contributed by atoms with van der Waals surface area (Å²) in [5.74, 6) is -3.25. The zero-order chi connectivity index (χ0) is 12.3. The number of esters is 1. The zero-order valence-corrected chi connectivity index (χ0v) is 8.91. The van der Waals surface area contributed by atoms with Crippen LogP contribution in [0.15, 0.2) is 12.1 Å². The van der Waals surface area contributed by atoms with Crippen molar-refractivity contribution in [3.63, 3.8) is 0 Å². The average Bonchev–Trinajstić information content (AvgIpc) is 2.24. The van der Waals surface area contributed by atoms with Gasteiger partial charge in [0.25, 0.3) is 5.78 Å². The van der Waals surface area contributed by atoms with Gasteiger partial charge in [-0.15, -0.1) is 0 Å². The van der Waals surface area contributed by atoms with Crippen LogP contribution >= 0.6 is 0 Å². The number of ether oxygens (including phenoxy) is 1. The highest BCUT2D eigenvalue weighted by atomic mass is 19.1. The lowest BCUT2D eigenvalue weighted by Gasteiger charge is -2.07. The lowest BCUT2D eigenvalue weighted by Crippen LogP contribution is -2.19. The van der Waals surface area contributed by atoms with E-state index in [9.17, 15) is 19.1 Å². The Morgan fingerprint density at radius 1 is 1.44 bits per heavy atom. The van der Waals surface area contributed by atoms with Gasteiger partial charge in [0.2, 0.25) is 0 Å². The molecule has 0 radical (unpaired) electrons. The second-order valence-electron chi connectivity index (χ2n) is 3.12. The number of hydrogen-bond acceptors (Lipinski definition) is 4. The van der Waals surface area contributed by atoms with Crippen molar-refractivity contribution in [1.82, 2.24) is 0 Å². The number of phenols is 1. The lowest BCUT2D eigenvalue weighted by molar-refractivity contribution is -0.137. The Hall–Kier alpha value is -1.91. The number of halogens is 1. The number of Topliss-reactive ketones (excluding diaryl/α,β-unsaturated/α-hetero) is 1. The first-order valence-corrected chi connectivity index (χ1v) is 4.68. The highest BCUT2D eigenvalue weighted by Gasteiger charge is 2.24. The number of carbonyl (C=O) groups excluding carboxylic acids is 2. The van der Waals surface area contributed by atoms with Gasteiger partial charge in [-0.05, 0) is 31.5 Å². The summed E-state index contributed by atoms with van der Waals surface area (Å²) in [5.41, 5.74) is -0.420. The van der Waals surface area contributed by atoms with Crippen LogP contribution < -0.4 is 0 Å². The highest BCUT2D eigenvalue weighted by Crippen LogP contribution is 2.23. The van der Waals surface area contributed by atoms with E-state index in [-0.39, 0.29) is 17.7 Å². The van der Waals surface area contributed by atoms with Crippen LogP contribution in [0, 0.1) is 12.7 Å². The predicted molar refractivity (Wildman–Crippen MR) is 53.8 cm³/mol. The molecule has 0 saturated carbocycles. The third-order valence-electron chi connectivity index (χ3n) is 2.06. The normalized spacial score (nSPS) is 9.94. The Morgan fingerprint density at radius 3 is 2.62 bits per heavy atom. The lowest BCUT2D eigenvalue weighted by atomic mass is 10.0. The molecule has 0 aliphatic carbocycles. The molecule has 0 aromatic heterocycles.